The van der Waals surface area contributed by atoms with Gasteiger partial charge in [-0.15, -0.1) is 0 Å². The average Bonchev–Trinajstić information content (AvgIpc) is 3.00. The molecule has 0 saturated heterocycles. The van der Waals surface area contributed by atoms with Crippen LogP contribution in [0, 0.1) is 5.41 Å². The molecule has 0 radical (unpaired) electrons. The van der Waals surface area contributed by atoms with Gasteiger partial charge in [0.15, 0.2) is 0 Å². The van der Waals surface area contributed by atoms with Crippen molar-refractivity contribution in [1.82, 2.24) is 15.3 Å². The summed E-state index contributed by atoms with van der Waals surface area (Å²) in [7, 11) is 0. The van der Waals surface area contributed by atoms with E-state index in [-0.39, 0.29) is 12.3 Å². The number of nitrogens with one attached hydrogen (secondary N) is 2. The Morgan fingerprint density at radius 1 is 1.53 bits per heavy atom. The Labute approximate surface area is 111 Å². The van der Waals surface area contributed by atoms with E-state index in [9.17, 15) is 14.7 Å². The van der Waals surface area contributed by atoms with Gasteiger partial charge in [-0.3, -0.25) is 4.79 Å². The van der Waals surface area contributed by atoms with E-state index >= 15 is 0 Å². The van der Waals surface area contributed by atoms with Gasteiger partial charge in [0, 0.05) is 23.7 Å². The number of hydrogen-bond acceptors (Lipinski definition) is 3. The third kappa shape index (κ3) is 3.13. The third-order valence-electron chi connectivity index (χ3n) is 3.84. The van der Waals surface area contributed by atoms with Crippen molar-refractivity contribution < 1.29 is 14.7 Å². The zero-order valence-corrected chi connectivity index (χ0v) is 11.0. The maximum Gasteiger partial charge on any atom is 0.326 e. The quantitative estimate of drug-likeness (QED) is 0.743. The molecule has 6 nitrogen and oxygen atoms in total. The predicted octanol–water partition coefficient (Wildman–Crippen LogP) is 1.10. The molecule has 1 fully saturated rings. The largest absolute Gasteiger partial charge is 0.480 e. The number of carbonyl (C=O) groups excluding carboxylic acids is 1. The highest BCUT2D eigenvalue weighted by Crippen LogP contribution is 2.37. The van der Waals surface area contributed by atoms with Crippen LogP contribution in [0.1, 0.15) is 38.3 Å². The summed E-state index contributed by atoms with van der Waals surface area (Å²) in [5.74, 6) is -1.18. The molecule has 19 heavy (non-hydrogen) atoms. The smallest absolute Gasteiger partial charge is 0.326 e. The van der Waals surface area contributed by atoms with E-state index in [1.54, 1.807) is 6.20 Å². The van der Waals surface area contributed by atoms with Gasteiger partial charge in [-0.2, -0.15) is 0 Å². The molecule has 1 saturated carbocycles. The van der Waals surface area contributed by atoms with E-state index in [4.69, 9.17) is 0 Å². The molecule has 1 atom stereocenters. The molecule has 1 aromatic rings. The van der Waals surface area contributed by atoms with Gasteiger partial charge in [0.1, 0.15) is 6.04 Å². The van der Waals surface area contributed by atoms with Crippen molar-refractivity contribution in [3.05, 3.63) is 18.2 Å². The van der Waals surface area contributed by atoms with Gasteiger partial charge in [-0.25, -0.2) is 9.78 Å². The second-order valence-electron chi connectivity index (χ2n) is 5.41. The second-order valence-corrected chi connectivity index (χ2v) is 5.41. The lowest BCUT2D eigenvalue weighted by Gasteiger charge is -2.24. The molecule has 2 rings (SSSR count). The summed E-state index contributed by atoms with van der Waals surface area (Å²) in [5.41, 5.74) is 0.283. The lowest BCUT2D eigenvalue weighted by molar-refractivity contribution is -0.143. The molecule has 1 amide bonds. The molecule has 1 aliphatic rings. The Morgan fingerprint density at radius 2 is 2.21 bits per heavy atom. The molecule has 1 heterocycles. The van der Waals surface area contributed by atoms with Crippen molar-refractivity contribution in [3.63, 3.8) is 0 Å². The molecule has 104 valence electrons. The van der Waals surface area contributed by atoms with Gasteiger partial charge in [-0.1, -0.05) is 19.8 Å². The van der Waals surface area contributed by atoms with Crippen LogP contribution in [-0.4, -0.2) is 33.0 Å². The average molecular weight is 265 g/mol. The highest BCUT2D eigenvalue weighted by Gasteiger charge is 2.38. The van der Waals surface area contributed by atoms with Crippen molar-refractivity contribution in [2.24, 2.45) is 5.41 Å². The SMILES string of the molecule is CC1(C(=O)N[C@H](Cc2cnc[nH]2)C(=O)O)CCCC1. The molecule has 0 aromatic carbocycles. The van der Waals surface area contributed by atoms with Crippen LogP contribution in [0.2, 0.25) is 0 Å². The van der Waals surface area contributed by atoms with E-state index in [1.807, 2.05) is 6.92 Å². The van der Waals surface area contributed by atoms with Crippen LogP contribution in [0.4, 0.5) is 0 Å². The highest BCUT2D eigenvalue weighted by molar-refractivity contribution is 5.87. The number of aliphatic carboxylic acids is 1. The standard InChI is InChI=1S/C13H19N3O3/c1-13(4-2-3-5-13)12(19)16-10(11(17)18)6-9-7-14-8-15-9/h7-8,10H,2-6H2,1H3,(H,14,15)(H,16,19)(H,17,18)/t10-/m1/s1. The van der Waals surface area contributed by atoms with E-state index in [0.29, 0.717) is 5.69 Å². The van der Waals surface area contributed by atoms with E-state index in [1.165, 1.54) is 6.33 Å². The second kappa shape index (κ2) is 5.42. The summed E-state index contributed by atoms with van der Waals surface area (Å²) in [6.07, 6.45) is 7.00. The predicted molar refractivity (Wildman–Crippen MR) is 68.4 cm³/mol. The number of imidazole rings is 1. The molecule has 0 bridgehead atoms. The number of carbonyl (C=O) groups is 2. The van der Waals surface area contributed by atoms with Crippen molar-refractivity contribution in [2.45, 2.75) is 45.1 Å². The number of nitrogens with zero attached hydrogens (tertiary/aromatic N) is 1. The summed E-state index contributed by atoms with van der Waals surface area (Å²) < 4.78 is 0. The molecule has 0 spiro atoms. The van der Waals surface area contributed by atoms with Crippen LogP contribution in [-0.2, 0) is 16.0 Å². The topological polar surface area (TPSA) is 95.1 Å². The Hall–Kier alpha value is -1.85. The fourth-order valence-electron chi connectivity index (χ4n) is 2.53. The van der Waals surface area contributed by atoms with E-state index in [2.05, 4.69) is 15.3 Å². The van der Waals surface area contributed by atoms with Crippen LogP contribution in [0.25, 0.3) is 0 Å². The van der Waals surface area contributed by atoms with E-state index in [0.717, 1.165) is 25.7 Å². The van der Waals surface area contributed by atoms with Crippen LogP contribution in [0.3, 0.4) is 0 Å². The first-order valence-corrected chi connectivity index (χ1v) is 6.52. The first kappa shape index (κ1) is 13.6. The number of aromatic nitrogens is 2. The van der Waals surface area contributed by atoms with Crippen molar-refractivity contribution in [3.8, 4) is 0 Å². The van der Waals surface area contributed by atoms with Gasteiger partial charge < -0.3 is 15.4 Å². The van der Waals surface area contributed by atoms with Crippen molar-refractivity contribution >= 4 is 11.9 Å². The monoisotopic (exact) mass is 265 g/mol. The number of H-pyrrole nitrogens is 1. The maximum absolute atomic E-state index is 12.2. The van der Waals surface area contributed by atoms with Gasteiger partial charge in [0.25, 0.3) is 0 Å². The summed E-state index contributed by atoms with van der Waals surface area (Å²) in [5, 5.41) is 11.8. The maximum atomic E-state index is 12.2. The summed E-state index contributed by atoms with van der Waals surface area (Å²) >= 11 is 0. The molecule has 1 aromatic heterocycles. The number of carboxylic acid groups (broad SMARTS) is 1. The number of carboxylic acids is 1. The zero-order valence-electron chi connectivity index (χ0n) is 11.0. The Kier molecular flexibility index (Phi) is 3.87. The molecule has 1 aliphatic carbocycles. The number of rotatable bonds is 5. The zero-order chi connectivity index (χ0) is 13.9. The molecular weight excluding hydrogens is 246 g/mol. The van der Waals surface area contributed by atoms with Gasteiger partial charge in [0.2, 0.25) is 5.91 Å². The number of aromatic amines is 1. The van der Waals surface area contributed by atoms with Crippen LogP contribution in [0.15, 0.2) is 12.5 Å². The van der Waals surface area contributed by atoms with Gasteiger partial charge >= 0.3 is 5.97 Å². The van der Waals surface area contributed by atoms with Crippen LogP contribution >= 0.6 is 0 Å². The van der Waals surface area contributed by atoms with Gasteiger partial charge in [0.05, 0.1) is 6.33 Å². The minimum atomic E-state index is -1.02. The fraction of sp³-hybridized carbons (Fsp3) is 0.615. The highest BCUT2D eigenvalue weighted by atomic mass is 16.4. The summed E-state index contributed by atoms with van der Waals surface area (Å²) in [6, 6.07) is -0.912. The lowest BCUT2D eigenvalue weighted by Crippen LogP contribution is -2.47. The fourth-order valence-corrected chi connectivity index (χ4v) is 2.53. The van der Waals surface area contributed by atoms with E-state index < -0.39 is 17.4 Å². The Bertz CT molecular complexity index is 450. The molecule has 6 heteroatoms. The normalized spacial score (nSPS) is 19.0. The minimum Gasteiger partial charge on any atom is -0.480 e. The molecule has 3 N–H and O–H groups in total. The lowest BCUT2D eigenvalue weighted by atomic mass is 9.87. The first-order chi connectivity index (χ1) is 9.01. The Morgan fingerprint density at radius 3 is 2.74 bits per heavy atom. The number of hydrogen-bond donors (Lipinski definition) is 3. The Balaban J connectivity index is 2.00. The van der Waals surface area contributed by atoms with Crippen LogP contribution in [0.5, 0.6) is 0 Å². The van der Waals surface area contributed by atoms with Crippen LogP contribution < -0.4 is 5.32 Å². The van der Waals surface area contributed by atoms with Crippen molar-refractivity contribution in [1.29, 1.82) is 0 Å². The molecule has 0 unspecified atom stereocenters. The van der Waals surface area contributed by atoms with Crippen molar-refractivity contribution in [2.75, 3.05) is 0 Å². The third-order valence-corrected chi connectivity index (χ3v) is 3.84. The molecule has 0 aliphatic heterocycles. The summed E-state index contributed by atoms with van der Waals surface area (Å²) in [4.78, 5) is 30.1. The number of amides is 1. The minimum absolute atomic E-state index is 0.156. The van der Waals surface area contributed by atoms with Gasteiger partial charge in [-0.05, 0) is 12.8 Å². The molecular formula is C13H19N3O3. The summed E-state index contributed by atoms with van der Waals surface area (Å²) in [6.45, 7) is 1.91. The first-order valence-electron chi connectivity index (χ1n) is 6.52.